The Morgan fingerprint density at radius 3 is 2.33 bits per heavy atom. The number of halogens is 1. The first-order valence-electron chi connectivity index (χ1n) is 3.85. The third-order valence-corrected chi connectivity index (χ3v) is 1.73. The number of nitrogens with two attached hydrogens (primary N) is 1. The highest BCUT2D eigenvalue weighted by atomic mass is 35.5. The fourth-order valence-electron chi connectivity index (χ4n) is 1.14. The van der Waals surface area contributed by atoms with Crippen LogP contribution in [-0.4, -0.2) is 25.3 Å². The van der Waals surface area contributed by atoms with Crippen LogP contribution in [0.5, 0.6) is 11.5 Å². The molecule has 0 saturated carbocycles. The Hall–Kier alpha value is -1.62. The maximum absolute atomic E-state index is 10.8. The van der Waals surface area contributed by atoms with Crippen LogP contribution < -0.4 is 15.2 Å². The van der Waals surface area contributed by atoms with Crippen molar-refractivity contribution < 1.29 is 19.4 Å². The van der Waals surface area contributed by atoms with Crippen molar-refractivity contribution in [3.63, 3.8) is 0 Å². The Labute approximate surface area is 93.2 Å². The summed E-state index contributed by atoms with van der Waals surface area (Å²) in [6, 6.07) is 2.83. The lowest BCUT2D eigenvalue weighted by Crippen LogP contribution is -2.03. The molecule has 0 radical (unpaired) electrons. The zero-order valence-corrected chi connectivity index (χ0v) is 9.13. The molecule has 0 aliphatic carbocycles. The van der Waals surface area contributed by atoms with E-state index >= 15 is 0 Å². The van der Waals surface area contributed by atoms with Gasteiger partial charge in [-0.3, -0.25) is 0 Å². The molecule has 1 rings (SSSR count). The van der Waals surface area contributed by atoms with E-state index in [1.54, 1.807) is 0 Å². The van der Waals surface area contributed by atoms with Crippen LogP contribution in [0.4, 0.5) is 5.69 Å². The third-order valence-electron chi connectivity index (χ3n) is 1.73. The van der Waals surface area contributed by atoms with Crippen LogP contribution in [0.2, 0.25) is 0 Å². The average molecular weight is 234 g/mol. The first-order valence-corrected chi connectivity index (χ1v) is 3.85. The first kappa shape index (κ1) is 13.4. The van der Waals surface area contributed by atoms with Gasteiger partial charge in [0.1, 0.15) is 5.56 Å². The fraction of sp³-hybridized carbons (Fsp3) is 0.222. The molecule has 0 bridgehead atoms. The molecule has 0 heterocycles. The van der Waals surface area contributed by atoms with Crippen molar-refractivity contribution in [1.82, 2.24) is 0 Å². The number of rotatable bonds is 3. The van der Waals surface area contributed by atoms with E-state index in [9.17, 15) is 4.79 Å². The molecule has 6 heteroatoms. The molecule has 3 N–H and O–H groups in total. The fourth-order valence-corrected chi connectivity index (χ4v) is 1.14. The number of ether oxygens (including phenoxy) is 2. The van der Waals surface area contributed by atoms with Crippen LogP contribution in [0.25, 0.3) is 0 Å². The van der Waals surface area contributed by atoms with E-state index < -0.39 is 5.97 Å². The minimum Gasteiger partial charge on any atom is -0.493 e. The Kier molecular flexibility index (Phi) is 4.73. The molecule has 1 aromatic carbocycles. The van der Waals surface area contributed by atoms with Crippen molar-refractivity contribution in [2.75, 3.05) is 20.0 Å². The zero-order chi connectivity index (χ0) is 10.7. The summed E-state index contributed by atoms with van der Waals surface area (Å²) in [6.45, 7) is 0. The highest BCUT2D eigenvalue weighted by molar-refractivity contribution is 5.93. The second kappa shape index (κ2) is 5.31. The van der Waals surface area contributed by atoms with Crippen molar-refractivity contribution in [2.24, 2.45) is 0 Å². The van der Waals surface area contributed by atoms with Gasteiger partial charge in [-0.25, -0.2) is 4.79 Å². The van der Waals surface area contributed by atoms with Crippen LogP contribution in [0, 0.1) is 0 Å². The maximum Gasteiger partial charge on any atom is 0.339 e. The standard InChI is InChI=1S/C9H11NO4.ClH/c1-13-7-4-5(10)3-6(9(11)12)8(7)14-2;/h3-4H,10H2,1-2H3,(H,11,12);1H. The SMILES string of the molecule is COc1cc(N)cc(C(=O)O)c1OC.Cl. The van der Waals surface area contributed by atoms with Gasteiger partial charge in [0.15, 0.2) is 11.5 Å². The van der Waals surface area contributed by atoms with Gasteiger partial charge in [-0.2, -0.15) is 0 Å². The molecule has 0 fully saturated rings. The predicted octanol–water partition coefficient (Wildman–Crippen LogP) is 1.41. The van der Waals surface area contributed by atoms with Crippen LogP contribution in [0.1, 0.15) is 10.4 Å². The molecule has 0 saturated heterocycles. The quantitative estimate of drug-likeness (QED) is 0.772. The van der Waals surface area contributed by atoms with Crippen LogP contribution in [-0.2, 0) is 0 Å². The number of methoxy groups -OCH3 is 2. The first-order chi connectivity index (χ1) is 6.60. The molecule has 0 spiro atoms. The molecule has 5 nitrogen and oxygen atoms in total. The molecule has 0 aliphatic heterocycles. The molecular weight excluding hydrogens is 222 g/mol. The summed E-state index contributed by atoms with van der Waals surface area (Å²) < 4.78 is 9.86. The van der Waals surface area contributed by atoms with E-state index in [0.717, 1.165) is 0 Å². The van der Waals surface area contributed by atoms with Gasteiger partial charge in [-0.1, -0.05) is 0 Å². The lowest BCUT2D eigenvalue weighted by atomic mass is 10.1. The van der Waals surface area contributed by atoms with Gasteiger partial charge >= 0.3 is 5.97 Å². The summed E-state index contributed by atoms with van der Waals surface area (Å²) in [5, 5.41) is 8.85. The van der Waals surface area contributed by atoms with Crippen molar-refractivity contribution in [1.29, 1.82) is 0 Å². The number of aromatic carboxylic acids is 1. The number of hydrogen-bond donors (Lipinski definition) is 2. The number of anilines is 1. The van der Waals surface area contributed by atoms with E-state index in [2.05, 4.69) is 0 Å². The molecule has 0 amide bonds. The number of benzene rings is 1. The van der Waals surface area contributed by atoms with Crippen molar-refractivity contribution in [2.45, 2.75) is 0 Å². The minimum atomic E-state index is -1.10. The lowest BCUT2D eigenvalue weighted by molar-refractivity contribution is 0.0692. The van der Waals surface area contributed by atoms with Gasteiger partial charge in [0.25, 0.3) is 0 Å². The summed E-state index contributed by atoms with van der Waals surface area (Å²) >= 11 is 0. The molecule has 0 unspecified atom stereocenters. The molecule has 1 aromatic rings. The molecule has 84 valence electrons. The van der Waals surface area contributed by atoms with Gasteiger partial charge in [-0.05, 0) is 6.07 Å². The normalized spacial score (nSPS) is 8.93. The third kappa shape index (κ3) is 2.66. The molecule has 0 aromatic heterocycles. The second-order valence-corrected chi connectivity index (χ2v) is 2.61. The van der Waals surface area contributed by atoms with Gasteiger partial charge in [0, 0.05) is 11.8 Å². The summed E-state index contributed by atoms with van der Waals surface area (Å²) in [5.74, 6) is -0.619. The highest BCUT2D eigenvalue weighted by Gasteiger charge is 2.16. The van der Waals surface area contributed by atoms with E-state index in [4.69, 9.17) is 20.3 Å². The lowest BCUT2D eigenvalue weighted by Gasteiger charge is -2.10. The molecular formula is C9H12ClNO4. The topological polar surface area (TPSA) is 81.8 Å². The van der Waals surface area contributed by atoms with Gasteiger partial charge in [0.05, 0.1) is 14.2 Å². The molecule has 15 heavy (non-hydrogen) atoms. The Bertz CT molecular complexity index is 367. The number of carbonyl (C=O) groups is 1. The average Bonchev–Trinajstić information content (AvgIpc) is 2.16. The maximum atomic E-state index is 10.8. The van der Waals surface area contributed by atoms with Gasteiger partial charge in [0.2, 0.25) is 0 Å². The Morgan fingerprint density at radius 1 is 1.33 bits per heavy atom. The van der Waals surface area contributed by atoms with E-state index in [1.165, 1.54) is 26.4 Å². The van der Waals surface area contributed by atoms with E-state index in [-0.39, 0.29) is 23.7 Å². The number of carboxylic acid groups (broad SMARTS) is 1. The van der Waals surface area contributed by atoms with Crippen molar-refractivity contribution >= 4 is 24.1 Å². The largest absolute Gasteiger partial charge is 0.493 e. The highest BCUT2D eigenvalue weighted by Crippen LogP contribution is 2.33. The summed E-state index contributed by atoms with van der Waals surface area (Å²) in [6.07, 6.45) is 0. The summed E-state index contributed by atoms with van der Waals surface area (Å²) in [5.41, 5.74) is 5.81. The predicted molar refractivity (Wildman–Crippen MR) is 58.2 cm³/mol. The van der Waals surface area contributed by atoms with Crippen molar-refractivity contribution in [3.8, 4) is 11.5 Å². The summed E-state index contributed by atoms with van der Waals surface area (Å²) in [7, 11) is 2.80. The zero-order valence-electron chi connectivity index (χ0n) is 8.31. The smallest absolute Gasteiger partial charge is 0.339 e. The number of hydrogen-bond acceptors (Lipinski definition) is 4. The Balaban J connectivity index is 0.00000196. The number of carboxylic acids is 1. The molecule has 0 atom stereocenters. The second-order valence-electron chi connectivity index (χ2n) is 2.61. The van der Waals surface area contributed by atoms with Crippen LogP contribution in [0.3, 0.4) is 0 Å². The van der Waals surface area contributed by atoms with Gasteiger partial charge in [-0.15, -0.1) is 12.4 Å². The van der Waals surface area contributed by atoms with Crippen LogP contribution >= 0.6 is 12.4 Å². The van der Waals surface area contributed by atoms with Crippen molar-refractivity contribution in [3.05, 3.63) is 17.7 Å². The van der Waals surface area contributed by atoms with E-state index in [0.29, 0.717) is 11.4 Å². The van der Waals surface area contributed by atoms with E-state index in [1.807, 2.05) is 0 Å². The Morgan fingerprint density at radius 2 is 1.93 bits per heavy atom. The van der Waals surface area contributed by atoms with Gasteiger partial charge < -0.3 is 20.3 Å². The number of nitrogen functional groups attached to an aromatic ring is 1. The molecule has 0 aliphatic rings. The van der Waals surface area contributed by atoms with Crippen LogP contribution in [0.15, 0.2) is 12.1 Å². The minimum absolute atomic E-state index is 0. The monoisotopic (exact) mass is 233 g/mol. The summed E-state index contributed by atoms with van der Waals surface area (Å²) in [4.78, 5) is 10.8.